The van der Waals surface area contributed by atoms with Gasteiger partial charge in [0.25, 0.3) is 5.91 Å². The molecule has 3 N–H and O–H groups in total. The molecule has 0 saturated heterocycles. The fraction of sp³-hybridized carbons (Fsp3) is 0.308. The normalized spacial score (nSPS) is 10.3. The number of nitrogen functional groups attached to an aromatic ring is 1. The molecule has 106 valence electrons. The van der Waals surface area contributed by atoms with E-state index >= 15 is 0 Å². The van der Waals surface area contributed by atoms with Crippen molar-refractivity contribution >= 4 is 17.5 Å². The molecule has 2 heterocycles. The van der Waals surface area contributed by atoms with E-state index in [1.807, 2.05) is 0 Å². The number of nitrogens with two attached hydrogens (primary N) is 1. The van der Waals surface area contributed by atoms with Crippen molar-refractivity contribution in [1.82, 2.24) is 19.7 Å². The van der Waals surface area contributed by atoms with Gasteiger partial charge in [-0.05, 0) is 12.1 Å². The number of carbonyl (C=O) groups excluding carboxylic acids is 1. The Morgan fingerprint density at radius 3 is 2.65 bits per heavy atom. The van der Waals surface area contributed by atoms with E-state index in [0.29, 0.717) is 23.7 Å². The maximum atomic E-state index is 11.7. The van der Waals surface area contributed by atoms with E-state index in [1.165, 1.54) is 4.90 Å². The van der Waals surface area contributed by atoms with Gasteiger partial charge in [0.05, 0.1) is 11.8 Å². The summed E-state index contributed by atoms with van der Waals surface area (Å²) < 4.78 is 1.61. The van der Waals surface area contributed by atoms with Gasteiger partial charge in [-0.1, -0.05) is 0 Å². The Morgan fingerprint density at radius 2 is 2.15 bits per heavy atom. The van der Waals surface area contributed by atoms with Gasteiger partial charge in [-0.25, -0.2) is 4.98 Å². The first-order valence-corrected chi connectivity index (χ1v) is 6.17. The summed E-state index contributed by atoms with van der Waals surface area (Å²) in [7, 11) is 5.21. The van der Waals surface area contributed by atoms with Gasteiger partial charge in [-0.3, -0.25) is 9.48 Å². The molecule has 0 atom stereocenters. The second-order valence-electron chi connectivity index (χ2n) is 4.66. The molecule has 1 amide bonds. The Balaban J connectivity index is 2.01. The van der Waals surface area contributed by atoms with Crippen LogP contribution in [0.25, 0.3) is 0 Å². The predicted molar refractivity (Wildman–Crippen MR) is 77.2 cm³/mol. The molecule has 0 aromatic carbocycles. The molecule has 0 unspecified atom stereocenters. The summed E-state index contributed by atoms with van der Waals surface area (Å²) in [5, 5.41) is 7.21. The van der Waals surface area contributed by atoms with Crippen LogP contribution in [0, 0.1) is 0 Å². The van der Waals surface area contributed by atoms with E-state index in [1.54, 1.807) is 50.4 Å². The fourth-order valence-electron chi connectivity index (χ4n) is 1.70. The minimum Gasteiger partial charge on any atom is -0.384 e. The fourth-order valence-corrected chi connectivity index (χ4v) is 1.70. The third kappa shape index (κ3) is 2.87. The number of aromatic nitrogens is 3. The lowest BCUT2D eigenvalue weighted by Gasteiger charge is -2.10. The zero-order chi connectivity index (χ0) is 14.7. The summed E-state index contributed by atoms with van der Waals surface area (Å²) in [4.78, 5) is 17.4. The molecular weight excluding hydrogens is 256 g/mol. The van der Waals surface area contributed by atoms with Crippen LogP contribution in [-0.4, -0.2) is 39.7 Å². The number of anilines is 2. The second-order valence-corrected chi connectivity index (χ2v) is 4.66. The molecule has 7 heteroatoms. The van der Waals surface area contributed by atoms with Crippen molar-refractivity contribution in [3.63, 3.8) is 0 Å². The molecule has 0 radical (unpaired) electrons. The minimum atomic E-state index is -0.0689. The Bertz CT molecular complexity index is 602. The molecule has 7 nitrogen and oxygen atoms in total. The van der Waals surface area contributed by atoms with E-state index in [9.17, 15) is 4.79 Å². The molecular formula is C13H18N6O. The number of nitrogens with zero attached hydrogens (tertiary/aromatic N) is 4. The monoisotopic (exact) mass is 274 g/mol. The van der Waals surface area contributed by atoms with Crippen LogP contribution >= 0.6 is 0 Å². The number of amides is 1. The molecule has 2 rings (SSSR count). The molecule has 0 aliphatic heterocycles. The van der Waals surface area contributed by atoms with Crippen molar-refractivity contribution in [3.05, 3.63) is 35.7 Å². The Labute approximate surface area is 117 Å². The second kappa shape index (κ2) is 5.60. The number of hydrogen-bond acceptors (Lipinski definition) is 5. The Kier molecular flexibility index (Phi) is 3.88. The number of aryl methyl sites for hydroxylation is 1. The molecule has 0 spiro atoms. The van der Waals surface area contributed by atoms with Crippen LogP contribution in [-0.2, 0) is 13.6 Å². The summed E-state index contributed by atoms with van der Waals surface area (Å²) in [6.07, 6.45) is 3.27. The first kappa shape index (κ1) is 13.9. The van der Waals surface area contributed by atoms with E-state index in [0.717, 1.165) is 5.56 Å². The van der Waals surface area contributed by atoms with Crippen molar-refractivity contribution < 1.29 is 4.79 Å². The first-order chi connectivity index (χ1) is 9.49. The third-order valence-electron chi connectivity index (χ3n) is 2.94. The van der Waals surface area contributed by atoms with Gasteiger partial charge in [0.1, 0.15) is 11.6 Å². The number of pyridine rings is 1. The lowest BCUT2D eigenvalue weighted by molar-refractivity contribution is 0.0827. The van der Waals surface area contributed by atoms with Gasteiger partial charge in [-0.2, -0.15) is 5.10 Å². The highest BCUT2D eigenvalue weighted by atomic mass is 16.2. The minimum absolute atomic E-state index is 0.0689. The summed E-state index contributed by atoms with van der Waals surface area (Å²) in [5.74, 6) is 1.24. The predicted octanol–water partition coefficient (Wildman–Crippen LogP) is 0.711. The van der Waals surface area contributed by atoms with Crippen LogP contribution in [0.5, 0.6) is 0 Å². The number of hydrogen-bond donors (Lipinski definition) is 2. The number of nitrogens with one attached hydrogen (secondary N) is 1. The highest BCUT2D eigenvalue weighted by Gasteiger charge is 2.08. The van der Waals surface area contributed by atoms with E-state index < -0.39 is 0 Å². The number of rotatable bonds is 4. The zero-order valence-corrected chi connectivity index (χ0v) is 11.8. The molecule has 2 aromatic rings. The Morgan fingerprint density at radius 1 is 1.40 bits per heavy atom. The molecule has 0 saturated carbocycles. The summed E-state index contributed by atoms with van der Waals surface area (Å²) in [6.45, 7) is 0.535. The van der Waals surface area contributed by atoms with Crippen molar-refractivity contribution in [2.75, 3.05) is 25.1 Å². The van der Waals surface area contributed by atoms with Gasteiger partial charge < -0.3 is 16.0 Å². The third-order valence-corrected chi connectivity index (χ3v) is 2.94. The van der Waals surface area contributed by atoms with Gasteiger partial charge in [0.2, 0.25) is 0 Å². The largest absolute Gasteiger partial charge is 0.384 e. The first-order valence-electron chi connectivity index (χ1n) is 6.17. The van der Waals surface area contributed by atoms with Crippen LogP contribution < -0.4 is 11.1 Å². The molecule has 0 aliphatic carbocycles. The van der Waals surface area contributed by atoms with Crippen LogP contribution in [0.2, 0.25) is 0 Å². The lowest BCUT2D eigenvalue weighted by atomic mass is 10.2. The van der Waals surface area contributed by atoms with Crippen LogP contribution in [0.1, 0.15) is 15.9 Å². The zero-order valence-electron chi connectivity index (χ0n) is 11.8. The van der Waals surface area contributed by atoms with Crippen molar-refractivity contribution in [3.8, 4) is 0 Å². The van der Waals surface area contributed by atoms with Crippen molar-refractivity contribution in [2.24, 2.45) is 7.05 Å². The quantitative estimate of drug-likeness (QED) is 0.857. The molecule has 20 heavy (non-hydrogen) atoms. The van der Waals surface area contributed by atoms with Crippen molar-refractivity contribution in [1.29, 1.82) is 0 Å². The lowest BCUT2D eigenvalue weighted by Crippen LogP contribution is -2.21. The van der Waals surface area contributed by atoms with Crippen LogP contribution in [0.3, 0.4) is 0 Å². The molecule has 0 bridgehead atoms. The average molecular weight is 274 g/mol. The summed E-state index contributed by atoms with van der Waals surface area (Å²) in [5.41, 5.74) is 7.32. The van der Waals surface area contributed by atoms with E-state index in [2.05, 4.69) is 15.4 Å². The molecule has 0 fully saturated rings. The highest BCUT2D eigenvalue weighted by molar-refractivity contribution is 5.93. The van der Waals surface area contributed by atoms with Gasteiger partial charge >= 0.3 is 0 Å². The maximum Gasteiger partial charge on any atom is 0.254 e. The number of carbonyl (C=O) groups is 1. The Hall–Kier alpha value is -2.57. The standard InChI is InChI=1S/C13H18N6O/c1-18(2)13(20)9-4-5-11(15-6-9)16-7-10-8-17-19(3)12(10)14/h4-6,8H,7,14H2,1-3H3,(H,15,16). The van der Waals surface area contributed by atoms with Gasteiger partial charge in [0.15, 0.2) is 0 Å². The van der Waals surface area contributed by atoms with E-state index in [-0.39, 0.29) is 5.91 Å². The van der Waals surface area contributed by atoms with Crippen LogP contribution in [0.15, 0.2) is 24.5 Å². The van der Waals surface area contributed by atoms with Crippen LogP contribution in [0.4, 0.5) is 11.6 Å². The molecule has 0 aliphatic rings. The van der Waals surface area contributed by atoms with Crippen molar-refractivity contribution in [2.45, 2.75) is 6.54 Å². The summed E-state index contributed by atoms with van der Waals surface area (Å²) >= 11 is 0. The van der Waals surface area contributed by atoms with Gasteiger partial charge in [-0.15, -0.1) is 0 Å². The van der Waals surface area contributed by atoms with Gasteiger partial charge in [0, 0.05) is 39.4 Å². The summed E-state index contributed by atoms with van der Waals surface area (Å²) in [6, 6.07) is 3.51. The maximum absolute atomic E-state index is 11.7. The average Bonchev–Trinajstić information content (AvgIpc) is 2.76. The molecule has 2 aromatic heterocycles. The SMILES string of the molecule is CN(C)C(=O)c1ccc(NCc2cnn(C)c2N)nc1. The smallest absolute Gasteiger partial charge is 0.254 e. The highest BCUT2D eigenvalue weighted by Crippen LogP contribution is 2.12. The topological polar surface area (TPSA) is 89.1 Å². The van der Waals surface area contributed by atoms with E-state index in [4.69, 9.17) is 5.73 Å².